The molecule has 2 heterocycles. The van der Waals surface area contributed by atoms with Crippen LogP contribution in [0.3, 0.4) is 0 Å². The van der Waals surface area contributed by atoms with Crippen LogP contribution < -0.4 is 5.56 Å². The number of fused-ring (bicyclic) bond motifs is 1. The lowest BCUT2D eigenvalue weighted by molar-refractivity contribution is 1.15. The third kappa shape index (κ3) is 1.89. The SMILES string of the molecule is O=c1[nH]c(-c2csc(Br)n2)nc2ccccc12. The molecular weight excluding hydrogens is 302 g/mol. The Morgan fingerprint density at radius 1 is 1.24 bits per heavy atom. The minimum Gasteiger partial charge on any atom is -0.305 e. The minimum atomic E-state index is -0.144. The van der Waals surface area contributed by atoms with Gasteiger partial charge in [-0.2, -0.15) is 0 Å². The first kappa shape index (κ1) is 10.6. The lowest BCUT2D eigenvalue weighted by atomic mass is 10.2. The summed E-state index contributed by atoms with van der Waals surface area (Å²) >= 11 is 4.74. The van der Waals surface area contributed by atoms with Gasteiger partial charge in [-0.25, -0.2) is 9.97 Å². The Labute approximate surface area is 108 Å². The van der Waals surface area contributed by atoms with Crippen molar-refractivity contribution in [2.24, 2.45) is 0 Å². The van der Waals surface area contributed by atoms with E-state index in [1.165, 1.54) is 11.3 Å². The molecule has 1 aromatic carbocycles. The summed E-state index contributed by atoms with van der Waals surface area (Å²) in [5.74, 6) is 0.496. The van der Waals surface area contributed by atoms with Crippen LogP contribution in [-0.2, 0) is 0 Å². The van der Waals surface area contributed by atoms with Gasteiger partial charge in [0.15, 0.2) is 9.74 Å². The van der Waals surface area contributed by atoms with Crippen molar-refractivity contribution in [1.29, 1.82) is 0 Å². The molecule has 0 spiro atoms. The molecule has 0 aliphatic rings. The number of aromatic amines is 1. The zero-order valence-electron chi connectivity index (χ0n) is 8.48. The molecule has 0 atom stereocenters. The van der Waals surface area contributed by atoms with E-state index < -0.39 is 0 Å². The summed E-state index contributed by atoms with van der Waals surface area (Å²) in [7, 11) is 0. The molecule has 6 heteroatoms. The fourth-order valence-electron chi connectivity index (χ4n) is 1.57. The lowest BCUT2D eigenvalue weighted by Gasteiger charge is -1.99. The Bertz CT molecular complexity index is 750. The fourth-order valence-corrected chi connectivity index (χ4v) is 2.56. The van der Waals surface area contributed by atoms with E-state index in [0.29, 0.717) is 22.4 Å². The van der Waals surface area contributed by atoms with E-state index in [9.17, 15) is 4.79 Å². The Balaban J connectivity index is 2.29. The van der Waals surface area contributed by atoms with Gasteiger partial charge in [0.2, 0.25) is 0 Å². The number of nitrogens with zero attached hydrogens (tertiary/aromatic N) is 2. The van der Waals surface area contributed by atoms with Crippen molar-refractivity contribution < 1.29 is 0 Å². The molecule has 0 aliphatic heterocycles. The molecule has 17 heavy (non-hydrogen) atoms. The Kier molecular flexibility index (Phi) is 2.53. The minimum absolute atomic E-state index is 0.144. The molecule has 1 N–H and O–H groups in total. The quantitative estimate of drug-likeness (QED) is 0.752. The van der Waals surface area contributed by atoms with E-state index in [2.05, 4.69) is 30.9 Å². The zero-order valence-corrected chi connectivity index (χ0v) is 10.9. The van der Waals surface area contributed by atoms with Crippen molar-refractivity contribution in [3.63, 3.8) is 0 Å². The normalized spacial score (nSPS) is 10.9. The van der Waals surface area contributed by atoms with Gasteiger partial charge in [-0.3, -0.25) is 4.79 Å². The molecule has 84 valence electrons. The molecule has 0 radical (unpaired) electrons. The van der Waals surface area contributed by atoms with E-state index >= 15 is 0 Å². The van der Waals surface area contributed by atoms with Crippen molar-refractivity contribution in [2.45, 2.75) is 0 Å². The third-order valence-corrected chi connectivity index (χ3v) is 3.70. The van der Waals surface area contributed by atoms with Gasteiger partial charge >= 0.3 is 0 Å². The molecule has 2 aromatic heterocycles. The van der Waals surface area contributed by atoms with Gasteiger partial charge in [0.05, 0.1) is 10.9 Å². The van der Waals surface area contributed by atoms with Gasteiger partial charge in [-0.1, -0.05) is 12.1 Å². The number of H-pyrrole nitrogens is 1. The maximum Gasteiger partial charge on any atom is 0.259 e. The van der Waals surface area contributed by atoms with Crippen LogP contribution >= 0.6 is 27.3 Å². The Hall–Kier alpha value is -1.53. The number of benzene rings is 1. The van der Waals surface area contributed by atoms with Crippen molar-refractivity contribution >= 4 is 38.2 Å². The molecule has 3 aromatic rings. The maximum absolute atomic E-state index is 11.8. The average molecular weight is 308 g/mol. The summed E-state index contributed by atoms with van der Waals surface area (Å²) in [6.45, 7) is 0. The maximum atomic E-state index is 11.8. The number of nitrogens with one attached hydrogen (secondary N) is 1. The first-order valence-corrected chi connectivity index (χ1v) is 6.52. The molecular formula is C11H6BrN3OS. The summed E-state index contributed by atoms with van der Waals surface area (Å²) < 4.78 is 0.767. The highest BCUT2D eigenvalue weighted by molar-refractivity contribution is 9.11. The number of halogens is 1. The largest absolute Gasteiger partial charge is 0.305 e. The molecule has 4 nitrogen and oxygen atoms in total. The second-order valence-corrected chi connectivity index (χ2v) is 5.55. The zero-order chi connectivity index (χ0) is 11.8. The van der Waals surface area contributed by atoms with E-state index in [1.807, 2.05) is 23.6 Å². The molecule has 0 aliphatic carbocycles. The van der Waals surface area contributed by atoms with E-state index in [1.54, 1.807) is 6.07 Å². The number of rotatable bonds is 1. The molecule has 0 saturated heterocycles. The van der Waals surface area contributed by atoms with Gasteiger partial charge in [-0.15, -0.1) is 11.3 Å². The number of hydrogen-bond donors (Lipinski definition) is 1. The van der Waals surface area contributed by atoms with Crippen LogP contribution in [0.15, 0.2) is 38.4 Å². The molecule has 0 saturated carbocycles. The second-order valence-electron chi connectivity index (χ2n) is 3.42. The van der Waals surface area contributed by atoms with E-state index in [0.717, 1.165) is 3.92 Å². The monoisotopic (exact) mass is 307 g/mol. The van der Waals surface area contributed by atoms with Crippen LogP contribution in [0.1, 0.15) is 0 Å². The summed E-state index contributed by atoms with van der Waals surface area (Å²) in [6.07, 6.45) is 0. The number of thiazole rings is 1. The lowest BCUT2D eigenvalue weighted by Crippen LogP contribution is -2.09. The van der Waals surface area contributed by atoms with Crippen LogP contribution in [0, 0.1) is 0 Å². The highest BCUT2D eigenvalue weighted by atomic mass is 79.9. The standard InChI is InChI=1S/C11H6BrN3OS/c12-11-14-8(5-17-11)9-13-7-4-2-1-3-6(7)10(16)15-9/h1-5H,(H,13,15,16). The van der Waals surface area contributed by atoms with Crippen LogP contribution in [0.2, 0.25) is 0 Å². The summed E-state index contributed by atoms with van der Waals surface area (Å²) in [5, 5.41) is 2.43. The summed E-state index contributed by atoms with van der Waals surface area (Å²) in [6, 6.07) is 7.24. The van der Waals surface area contributed by atoms with Crippen molar-refractivity contribution in [3.05, 3.63) is 43.9 Å². The number of hydrogen-bond acceptors (Lipinski definition) is 4. The smallest absolute Gasteiger partial charge is 0.259 e. The Morgan fingerprint density at radius 3 is 2.82 bits per heavy atom. The fraction of sp³-hybridized carbons (Fsp3) is 0. The first-order valence-electron chi connectivity index (χ1n) is 4.84. The predicted octanol–water partition coefficient (Wildman–Crippen LogP) is 2.81. The highest BCUT2D eigenvalue weighted by Gasteiger charge is 2.08. The molecule has 0 fully saturated rings. The first-order chi connectivity index (χ1) is 8.24. The average Bonchev–Trinajstić information content (AvgIpc) is 2.76. The van der Waals surface area contributed by atoms with E-state index in [4.69, 9.17) is 0 Å². The van der Waals surface area contributed by atoms with Gasteiger partial charge in [0.1, 0.15) is 5.69 Å². The summed E-state index contributed by atoms with van der Waals surface area (Å²) in [4.78, 5) is 23.2. The van der Waals surface area contributed by atoms with Crippen molar-refractivity contribution in [3.8, 4) is 11.5 Å². The number of aromatic nitrogens is 3. The van der Waals surface area contributed by atoms with Crippen LogP contribution in [-0.4, -0.2) is 15.0 Å². The molecule has 3 rings (SSSR count). The Morgan fingerprint density at radius 2 is 2.06 bits per heavy atom. The van der Waals surface area contributed by atoms with E-state index in [-0.39, 0.29) is 5.56 Å². The van der Waals surface area contributed by atoms with Crippen molar-refractivity contribution in [1.82, 2.24) is 15.0 Å². The summed E-state index contributed by atoms with van der Waals surface area (Å²) in [5.41, 5.74) is 1.20. The third-order valence-electron chi connectivity index (χ3n) is 2.33. The van der Waals surface area contributed by atoms with Gasteiger partial charge in [0, 0.05) is 5.38 Å². The highest BCUT2D eigenvalue weighted by Crippen LogP contribution is 2.22. The van der Waals surface area contributed by atoms with Crippen LogP contribution in [0.4, 0.5) is 0 Å². The van der Waals surface area contributed by atoms with Gasteiger partial charge in [0.25, 0.3) is 5.56 Å². The predicted molar refractivity (Wildman–Crippen MR) is 71.2 cm³/mol. The van der Waals surface area contributed by atoms with Crippen LogP contribution in [0.5, 0.6) is 0 Å². The van der Waals surface area contributed by atoms with Gasteiger partial charge < -0.3 is 4.98 Å². The molecule has 0 bridgehead atoms. The van der Waals surface area contributed by atoms with Crippen molar-refractivity contribution in [2.75, 3.05) is 0 Å². The topological polar surface area (TPSA) is 58.6 Å². The second kappa shape index (κ2) is 4.05. The van der Waals surface area contributed by atoms with Gasteiger partial charge in [-0.05, 0) is 28.1 Å². The number of para-hydroxylation sites is 1. The molecule has 0 unspecified atom stereocenters. The molecule has 0 amide bonds. The van der Waals surface area contributed by atoms with Crippen LogP contribution in [0.25, 0.3) is 22.4 Å².